The standard InChI is InChI=1S/C22H21N7O5S2/c1-2-34-26-15(14-11-36-22(23)24-14)18(30)25-16-19(31)29-17(21(32)33)12(10-35-20(16)29)8-27-6-7-28-5-3-4-13(28)9-27/h3-7,9,11,16,20H,2,8,10H2,1H3,(H3-,23,24,25,30,32,33)/p+1/t16-,20+/m1/s1. The molecular weight excluding hydrogens is 506 g/mol. The molecule has 0 unspecified atom stereocenters. The van der Waals surface area contributed by atoms with Crippen LogP contribution in [-0.4, -0.2) is 66.7 Å². The van der Waals surface area contributed by atoms with Gasteiger partial charge in [0, 0.05) is 22.9 Å². The van der Waals surface area contributed by atoms with Crippen molar-refractivity contribution in [2.45, 2.75) is 24.9 Å². The van der Waals surface area contributed by atoms with E-state index in [1.165, 1.54) is 16.7 Å². The molecule has 14 heteroatoms. The fraction of sp³-hybridized carbons (Fsp3) is 0.273. The molecule has 5 heterocycles. The molecule has 0 aliphatic carbocycles. The lowest BCUT2D eigenvalue weighted by Gasteiger charge is -2.49. The van der Waals surface area contributed by atoms with Gasteiger partial charge in [0.15, 0.2) is 29.8 Å². The lowest BCUT2D eigenvalue weighted by molar-refractivity contribution is -0.688. The minimum Gasteiger partial charge on any atom is -0.477 e. The molecule has 2 atom stereocenters. The minimum absolute atomic E-state index is 0.0486. The number of carboxylic acids is 1. The van der Waals surface area contributed by atoms with Gasteiger partial charge in [0.05, 0.1) is 6.20 Å². The van der Waals surface area contributed by atoms with Crippen molar-refractivity contribution in [3.63, 3.8) is 0 Å². The highest BCUT2D eigenvalue weighted by Crippen LogP contribution is 2.40. The number of hydrogen-bond acceptors (Lipinski definition) is 9. The third kappa shape index (κ3) is 4.28. The van der Waals surface area contributed by atoms with Gasteiger partial charge in [-0.05, 0) is 19.1 Å². The zero-order valence-electron chi connectivity index (χ0n) is 19.0. The lowest BCUT2D eigenvalue weighted by atomic mass is 10.0. The second-order valence-corrected chi connectivity index (χ2v) is 9.98. The Morgan fingerprint density at radius 2 is 2.25 bits per heavy atom. The van der Waals surface area contributed by atoms with Crippen LogP contribution in [0.4, 0.5) is 5.13 Å². The number of nitrogen functional groups attached to an aromatic ring is 1. The van der Waals surface area contributed by atoms with E-state index in [1.54, 1.807) is 12.3 Å². The average Bonchev–Trinajstić information content (AvgIpc) is 3.50. The third-order valence-electron chi connectivity index (χ3n) is 5.70. The van der Waals surface area contributed by atoms with Crippen molar-refractivity contribution in [1.29, 1.82) is 0 Å². The van der Waals surface area contributed by atoms with Crippen LogP contribution in [0.1, 0.15) is 12.6 Å². The number of oxime groups is 1. The number of nitrogens with one attached hydrogen (secondary N) is 1. The average molecular weight is 529 g/mol. The van der Waals surface area contributed by atoms with Crippen LogP contribution in [0.15, 0.2) is 58.7 Å². The largest absolute Gasteiger partial charge is 0.477 e. The van der Waals surface area contributed by atoms with Gasteiger partial charge in [-0.15, -0.1) is 23.1 Å². The highest BCUT2D eigenvalue weighted by molar-refractivity contribution is 8.00. The van der Waals surface area contributed by atoms with Crippen LogP contribution in [0.5, 0.6) is 0 Å². The van der Waals surface area contributed by atoms with Gasteiger partial charge in [0.25, 0.3) is 11.8 Å². The van der Waals surface area contributed by atoms with E-state index in [9.17, 15) is 19.5 Å². The molecule has 2 aliphatic rings. The second-order valence-electron chi connectivity index (χ2n) is 7.99. The summed E-state index contributed by atoms with van der Waals surface area (Å²) < 4.78 is 3.83. The fourth-order valence-corrected chi connectivity index (χ4v) is 5.97. The molecule has 3 aromatic rings. The molecule has 1 fully saturated rings. The van der Waals surface area contributed by atoms with Crippen molar-refractivity contribution in [3.8, 4) is 0 Å². The molecule has 4 N–H and O–H groups in total. The van der Waals surface area contributed by atoms with Gasteiger partial charge in [-0.1, -0.05) is 5.16 Å². The summed E-state index contributed by atoms with van der Waals surface area (Å²) in [6.45, 7) is 2.27. The number of β-lactam (4-membered cyclic amide) rings is 1. The maximum absolute atomic E-state index is 13.0. The zero-order chi connectivity index (χ0) is 25.4. The summed E-state index contributed by atoms with van der Waals surface area (Å²) in [5.41, 5.74) is 7.33. The summed E-state index contributed by atoms with van der Waals surface area (Å²) in [4.78, 5) is 48.6. The van der Waals surface area contributed by atoms with Crippen molar-refractivity contribution in [2.24, 2.45) is 5.16 Å². The van der Waals surface area contributed by atoms with Crippen molar-refractivity contribution < 1.29 is 28.9 Å². The predicted molar refractivity (Wildman–Crippen MR) is 132 cm³/mol. The number of aromatic nitrogens is 3. The van der Waals surface area contributed by atoms with Crippen molar-refractivity contribution >= 4 is 57.2 Å². The quantitative estimate of drug-likeness (QED) is 0.165. The van der Waals surface area contributed by atoms with Gasteiger partial charge in [0.1, 0.15) is 34.9 Å². The molecule has 2 aliphatic heterocycles. The molecule has 0 saturated carbocycles. The topological polar surface area (TPSA) is 156 Å². The third-order valence-corrected chi connectivity index (χ3v) is 7.72. The Morgan fingerprint density at radius 3 is 2.97 bits per heavy atom. The Labute approximate surface area is 213 Å². The SMILES string of the molecule is CCON=C(C(=O)N[C@@H]1C(=O)N2C(C(=O)O)=C(C[n+]3ccn4cccc4c3)CS[C@@H]12)c1csc(N)n1. The number of carboxylic acid groups (broad SMARTS) is 1. The van der Waals surface area contributed by atoms with E-state index in [0.717, 1.165) is 16.9 Å². The molecule has 2 amide bonds. The van der Waals surface area contributed by atoms with E-state index < -0.39 is 29.2 Å². The van der Waals surface area contributed by atoms with Crippen molar-refractivity contribution in [3.05, 3.63) is 59.3 Å². The maximum Gasteiger partial charge on any atom is 0.352 e. The number of nitrogens with zero attached hydrogens (tertiary/aromatic N) is 5. The van der Waals surface area contributed by atoms with Crippen LogP contribution in [0.3, 0.4) is 0 Å². The van der Waals surface area contributed by atoms with Gasteiger partial charge in [-0.25, -0.2) is 9.78 Å². The van der Waals surface area contributed by atoms with E-state index in [2.05, 4.69) is 15.5 Å². The van der Waals surface area contributed by atoms with Gasteiger partial charge in [-0.2, -0.15) is 4.57 Å². The first kappa shape index (κ1) is 23.8. The van der Waals surface area contributed by atoms with Crippen LogP contribution in [0.2, 0.25) is 0 Å². The number of hydrogen-bond donors (Lipinski definition) is 3. The van der Waals surface area contributed by atoms with Crippen molar-refractivity contribution in [2.75, 3.05) is 18.1 Å². The Kier molecular flexibility index (Phi) is 6.36. The normalized spacial score (nSPS) is 19.8. The summed E-state index contributed by atoms with van der Waals surface area (Å²) in [6, 6.07) is 2.96. The first-order valence-corrected chi connectivity index (χ1v) is 12.9. The van der Waals surface area contributed by atoms with Crippen LogP contribution in [0.25, 0.3) is 5.52 Å². The Hall–Kier alpha value is -3.91. The number of carbonyl (C=O) groups is 3. The number of amides is 2. The Morgan fingerprint density at radius 1 is 1.42 bits per heavy atom. The highest BCUT2D eigenvalue weighted by atomic mass is 32.2. The fourth-order valence-electron chi connectivity index (χ4n) is 4.09. The number of thioether (sulfide) groups is 1. The molecule has 1 saturated heterocycles. The number of carbonyl (C=O) groups excluding carboxylic acids is 2. The summed E-state index contributed by atoms with van der Waals surface area (Å²) in [5, 5.41) is 17.7. The van der Waals surface area contributed by atoms with E-state index in [0.29, 0.717) is 17.9 Å². The number of nitrogens with two attached hydrogens (primary N) is 1. The monoisotopic (exact) mass is 528 g/mol. The molecule has 3 aromatic heterocycles. The molecule has 186 valence electrons. The van der Waals surface area contributed by atoms with Crippen LogP contribution < -0.4 is 15.6 Å². The van der Waals surface area contributed by atoms with E-state index in [1.807, 2.05) is 45.9 Å². The summed E-state index contributed by atoms with van der Waals surface area (Å²) >= 11 is 2.54. The van der Waals surface area contributed by atoms with Gasteiger partial charge >= 0.3 is 5.97 Å². The Bertz CT molecular complexity index is 1430. The maximum atomic E-state index is 13.0. The number of rotatable bonds is 8. The summed E-state index contributed by atoms with van der Waals surface area (Å²) in [7, 11) is 0. The molecule has 5 rings (SSSR count). The smallest absolute Gasteiger partial charge is 0.352 e. The predicted octanol–water partition coefficient (Wildman–Crippen LogP) is 0.445. The van der Waals surface area contributed by atoms with E-state index >= 15 is 0 Å². The lowest BCUT2D eigenvalue weighted by Crippen LogP contribution is -2.71. The number of anilines is 1. The molecule has 0 radical (unpaired) electrons. The van der Waals surface area contributed by atoms with Crippen LogP contribution in [-0.2, 0) is 25.8 Å². The first-order valence-electron chi connectivity index (χ1n) is 10.9. The molecule has 36 heavy (non-hydrogen) atoms. The molecule has 12 nitrogen and oxygen atoms in total. The summed E-state index contributed by atoms with van der Waals surface area (Å²) in [5.74, 6) is -1.95. The second kappa shape index (κ2) is 9.62. The first-order chi connectivity index (χ1) is 17.4. The van der Waals surface area contributed by atoms with Gasteiger partial charge in [-0.3, -0.25) is 14.5 Å². The van der Waals surface area contributed by atoms with Crippen LogP contribution in [0, 0.1) is 0 Å². The minimum atomic E-state index is -1.19. The Balaban J connectivity index is 1.35. The molecule has 0 spiro atoms. The molecule has 0 bridgehead atoms. The van der Waals surface area contributed by atoms with Gasteiger partial charge < -0.3 is 25.4 Å². The number of fused-ring (bicyclic) bond motifs is 2. The van der Waals surface area contributed by atoms with E-state index in [4.69, 9.17) is 10.6 Å². The molecular formula is C22H22N7O5S2+. The highest BCUT2D eigenvalue weighted by Gasteiger charge is 2.54. The van der Waals surface area contributed by atoms with Crippen LogP contribution >= 0.6 is 23.1 Å². The number of aliphatic carboxylic acids is 1. The van der Waals surface area contributed by atoms with Crippen molar-refractivity contribution in [1.82, 2.24) is 19.6 Å². The number of thiazole rings is 1. The summed E-state index contributed by atoms with van der Waals surface area (Å²) in [6.07, 6.45) is 7.56. The van der Waals surface area contributed by atoms with Gasteiger partial charge in [0.2, 0.25) is 0 Å². The zero-order valence-corrected chi connectivity index (χ0v) is 20.7. The van der Waals surface area contributed by atoms with E-state index in [-0.39, 0.29) is 28.8 Å². The molecule has 0 aromatic carbocycles.